The highest BCUT2D eigenvalue weighted by molar-refractivity contribution is 7.80. The van der Waals surface area contributed by atoms with E-state index in [4.69, 9.17) is 17.0 Å². The van der Waals surface area contributed by atoms with Crippen LogP contribution in [0.1, 0.15) is 30.3 Å². The molecule has 0 saturated heterocycles. The van der Waals surface area contributed by atoms with E-state index in [1.54, 1.807) is 7.11 Å². The van der Waals surface area contributed by atoms with Gasteiger partial charge in [0.2, 0.25) is 0 Å². The highest BCUT2D eigenvalue weighted by Gasteiger charge is 2.29. The summed E-state index contributed by atoms with van der Waals surface area (Å²) in [6, 6.07) is 10.4. The van der Waals surface area contributed by atoms with Crippen LogP contribution in [0.3, 0.4) is 0 Å². The Balaban J connectivity index is 2.06. The van der Waals surface area contributed by atoms with Crippen molar-refractivity contribution in [1.29, 1.82) is 0 Å². The number of aromatic nitrogens is 1. The normalized spacial score (nSPS) is 15.2. The molecule has 0 bridgehead atoms. The van der Waals surface area contributed by atoms with Crippen molar-refractivity contribution in [1.82, 2.24) is 4.57 Å². The first-order chi connectivity index (χ1) is 11.9. The molecule has 3 rings (SSSR count). The second-order valence-electron chi connectivity index (χ2n) is 6.60. The predicted molar refractivity (Wildman–Crippen MR) is 105 cm³/mol. The minimum absolute atomic E-state index is 0.0384. The van der Waals surface area contributed by atoms with E-state index < -0.39 is 0 Å². The Labute approximate surface area is 154 Å². The van der Waals surface area contributed by atoms with Gasteiger partial charge in [0, 0.05) is 36.3 Å². The molecule has 1 aliphatic rings. The Kier molecular flexibility index (Phi) is 5.06. The molecule has 2 heterocycles. The Hall–Kier alpha value is -1.98. The average molecular weight is 356 g/mol. The summed E-state index contributed by atoms with van der Waals surface area (Å²) in [5.41, 5.74) is 5.74. The van der Waals surface area contributed by atoms with Gasteiger partial charge in [-0.25, -0.2) is 0 Å². The van der Waals surface area contributed by atoms with Gasteiger partial charge in [0.1, 0.15) is 6.61 Å². The van der Waals surface area contributed by atoms with Crippen LogP contribution in [0.5, 0.6) is 0 Å². The fraction of sp³-hybridized carbons (Fsp3) is 0.400. The average Bonchev–Trinajstić information content (AvgIpc) is 2.92. The molecule has 4 nitrogen and oxygen atoms in total. The number of methoxy groups -OCH3 is 1. The van der Waals surface area contributed by atoms with Gasteiger partial charge in [-0.15, -0.1) is 0 Å². The van der Waals surface area contributed by atoms with E-state index in [2.05, 4.69) is 48.7 Å². The number of Topliss-reactive ketones (excluding diaryl/α,β-unsaturated/α-hetero) is 1. The third-order valence-electron chi connectivity index (χ3n) is 4.87. The number of ether oxygens (including phenoxy) is 1. The lowest BCUT2D eigenvalue weighted by atomic mass is 9.98. The van der Waals surface area contributed by atoms with Gasteiger partial charge in [0.25, 0.3) is 0 Å². The third kappa shape index (κ3) is 3.26. The lowest BCUT2D eigenvalue weighted by Gasteiger charge is -2.36. The molecule has 0 saturated carbocycles. The highest BCUT2D eigenvalue weighted by Crippen LogP contribution is 2.33. The number of hydrogen-bond acceptors (Lipinski definition) is 3. The van der Waals surface area contributed by atoms with Gasteiger partial charge in [0.05, 0.1) is 11.0 Å². The van der Waals surface area contributed by atoms with Gasteiger partial charge >= 0.3 is 0 Å². The van der Waals surface area contributed by atoms with Gasteiger partial charge in [-0.05, 0) is 57.0 Å². The fourth-order valence-corrected chi connectivity index (χ4v) is 3.89. The maximum absolute atomic E-state index is 12.4. The van der Waals surface area contributed by atoms with Crippen molar-refractivity contribution in [3.63, 3.8) is 0 Å². The van der Waals surface area contributed by atoms with Gasteiger partial charge in [0.15, 0.2) is 5.78 Å². The minimum atomic E-state index is -0.325. The summed E-state index contributed by atoms with van der Waals surface area (Å²) in [7, 11) is 1.54. The SMILES string of the molecule is COCC(=O)C(C)N1C(=S)CCc2ccc(-n3c(C)ccc3C)cc21. The van der Waals surface area contributed by atoms with E-state index in [1.807, 2.05) is 11.8 Å². The molecule has 1 aliphatic heterocycles. The molecule has 0 amide bonds. The number of aryl methyl sites for hydroxylation is 3. The van der Waals surface area contributed by atoms with Crippen molar-refractivity contribution in [2.75, 3.05) is 18.6 Å². The summed E-state index contributed by atoms with van der Waals surface area (Å²) in [5.74, 6) is 0.0384. The highest BCUT2D eigenvalue weighted by atomic mass is 32.1. The number of ketones is 1. The van der Waals surface area contributed by atoms with Crippen molar-refractivity contribution < 1.29 is 9.53 Å². The first-order valence-corrected chi connectivity index (χ1v) is 8.97. The van der Waals surface area contributed by atoms with Crippen LogP contribution in [0.25, 0.3) is 5.69 Å². The van der Waals surface area contributed by atoms with Crippen molar-refractivity contribution in [2.45, 2.75) is 39.7 Å². The summed E-state index contributed by atoms with van der Waals surface area (Å²) >= 11 is 5.60. The summed E-state index contributed by atoms with van der Waals surface area (Å²) < 4.78 is 7.25. The minimum Gasteiger partial charge on any atom is -0.377 e. The van der Waals surface area contributed by atoms with E-state index in [9.17, 15) is 4.79 Å². The number of benzene rings is 1. The number of nitrogens with zero attached hydrogens (tertiary/aromatic N) is 2. The summed E-state index contributed by atoms with van der Waals surface area (Å²) in [6.07, 6.45) is 1.72. The lowest BCUT2D eigenvalue weighted by Crippen LogP contribution is -2.46. The Morgan fingerprint density at radius 1 is 1.20 bits per heavy atom. The molecule has 0 radical (unpaired) electrons. The molecule has 1 aromatic heterocycles. The van der Waals surface area contributed by atoms with Crippen molar-refractivity contribution in [3.05, 3.63) is 47.3 Å². The number of thiocarbonyl (C=S) groups is 1. The third-order valence-corrected chi connectivity index (χ3v) is 5.28. The topological polar surface area (TPSA) is 34.5 Å². The quantitative estimate of drug-likeness (QED) is 0.764. The van der Waals surface area contributed by atoms with Crippen molar-refractivity contribution in [3.8, 4) is 5.69 Å². The van der Waals surface area contributed by atoms with Gasteiger partial charge in [-0.2, -0.15) is 0 Å². The van der Waals surface area contributed by atoms with Gasteiger partial charge < -0.3 is 14.2 Å². The maximum atomic E-state index is 12.4. The second kappa shape index (κ2) is 7.10. The number of carbonyl (C=O) groups excluding carboxylic acids is 1. The Morgan fingerprint density at radius 2 is 1.88 bits per heavy atom. The summed E-state index contributed by atoms with van der Waals surface area (Å²) in [4.78, 5) is 15.2. The first-order valence-electron chi connectivity index (χ1n) is 8.56. The molecule has 1 unspecified atom stereocenters. The van der Waals surface area contributed by atoms with Crippen molar-refractivity contribution >= 4 is 28.7 Å². The molecule has 0 N–H and O–H groups in total. The largest absolute Gasteiger partial charge is 0.377 e. The molecular weight excluding hydrogens is 332 g/mol. The molecule has 5 heteroatoms. The molecule has 0 fully saturated rings. The molecule has 1 aromatic carbocycles. The molecule has 132 valence electrons. The first kappa shape index (κ1) is 17.8. The molecule has 0 spiro atoms. The molecule has 25 heavy (non-hydrogen) atoms. The molecule has 1 atom stereocenters. The van der Waals surface area contributed by atoms with E-state index in [1.165, 1.54) is 17.0 Å². The van der Waals surface area contributed by atoms with E-state index in [-0.39, 0.29) is 18.4 Å². The second-order valence-corrected chi connectivity index (χ2v) is 7.07. The fourth-order valence-electron chi connectivity index (χ4n) is 3.53. The summed E-state index contributed by atoms with van der Waals surface area (Å²) in [5, 5.41) is 0. The molecule has 0 aliphatic carbocycles. The van der Waals surface area contributed by atoms with Crippen LogP contribution in [0, 0.1) is 13.8 Å². The van der Waals surface area contributed by atoms with Gasteiger partial charge in [-0.1, -0.05) is 18.3 Å². The zero-order valence-electron chi connectivity index (χ0n) is 15.2. The Bertz CT molecular complexity index is 806. The number of carbonyl (C=O) groups is 1. The number of anilines is 1. The zero-order chi connectivity index (χ0) is 18.1. The Morgan fingerprint density at radius 3 is 2.52 bits per heavy atom. The van der Waals surface area contributed by atoms with Crippen LogP contribution in [-0.4, -0.2) is 35.1 Å². The smallest absolute Gasteiger partial charge is 0.180 e. The molecular formula is C20H24N2O2S. The van der Waals surface area contributed by atoms with E-state index in [0.717, 1.165) is 29.2 Å². The van der Waals surface area contributed by atoms with Crippen LogP contribution in [0.2, 0.25) is 0 Å². The number of fused-ring (bicyclic) bond motifs is 1. The lowest BCUT2D eigenvalue weighted by molar-refractivity contribution is -0.123. The van der Waals surface area contributed by atoms with Crippen LogP contribution < -0.4 is 4.90 Å². The number of rotatable bonds is 5. The predicted octanol–water partition coefficient (Wildman–Crippen LogP) is 3.78. The monoisotopic (exact) mass is 356 g/mol. The van der Waals surface area contributed by atoms with Crippen LogP contribution in [0.4, 0.5) is 5.69 Å². The zero-order valence-corrected chi connectivity index (χ0v) is 16.0. The van der Waals surface area contributed by atoms with Gasteiger partial charge in [-0.3, -0.25) is 4.79 Å². The maximum Gasteiger partial charge on any atom is 0.180 e. The standard InChI is InChI=1S/C20H24N2O2S/c1-13-5-6-14(2)21(13)17-9-7-16-8-10-20(25)22(18(16)11-17)15(3)19(23)12-24-4/h5-7,9,11,15H,8,10,12H2,1-4H3. The van der Waals surface area contributed by atoms with Crippen LogP contribution in [-0.2, 0) is 16.0 Å². The molecule has 2 aromatic rings. The number of hydrogen-bond donors (Lipinski definition) is 0. The van der Waals surface area contributed by atoms with E-state index in [0.29, 0.717) is 0 Å². The summed E-state index contributed by atoms with van der Waals surface area (Å²) in [6.45, 7) is 6.20. The van der Waals surface area contributed by atoms with Crippen LogP contribution in [0.15, 0.2) is 30.3 Å². The van der Waals surface area contributed by atoms with Crippen LogP contribution >= 0.6 is 12.2 Å². The van der Waals surface area contributed by atoms with E-state index >= 15 is 0 Å². The van der Waals surface area contributed by atoms with Crippen molar-refractivity contribution in [2.24, 2.45) is 0 Å².